The van der Waals surface area contributed by atoms with Gasteiger partial charge < -0.3 is 14.2 Å². The van der Waals surface area contributed by atoms with Crippen LogP contribution < -0.4 is 0 Å². The number of ether oxygens (including phenoxy) is 3. The second-order valence-electron chi connectivity index (χ2n) is 6.04. The smallest absolute Gasteiger partial charge is 0.421 e. The van der Waals surface area contributed by atoms with Crippen LogP contribution in [0.4, 0.5) is 13.2 Å². The number of alkyl halides is 3. The predicted molar refractivity (Wildman–Crippen MR) is 71.5 cm³/mol. The highest BCUT2D eigenvalue weighted by Gasteiger charge is 2.82. The Morgan fingerprint density at radius 1 is 1.36 bits per heavy atom. The standard InChI is InChI=1S/C13H13F3O8S/c1-5(2)11(18)21-4-7(17)23-8-6-3-12(13(14,15)16)10(22-6)9(8)25(19,20)24-12/h6,8-10H,1,3-4H2,2H3. The minimum Gasteiger partial charge on any atom is -0.455 e. The number of fused-ring (bicyclic) bond motifs is 1. The van der Waals surface area contributed by atoms with Crippen LogP contribution in [0.3, 0.4) is 0 Å². The van der Waals surface area contributed by atoms with Crippen molar-refractivity contribution in [2.45, 2.75) is 48.7 Å². The number of esters is 2. The van der Waals surface area contributed by atoms with Crippen molar-refractivity contribution >= 4 is 22.1 Å². The normalized spacial score (nSPS) is 37.8. The molecule has 5 unspecified atom stereocenters. The number of rotatable bonds is 4. The van der Waals surface area contributed by atoms with Gasteiger partial charge in [-0.25, -0.2) is 9.59 Å². The molecule has 0 radical (unpaired) electrons. The van der Waals surface area contributed by atoms with Crippen LogP contribution in [0.5, 0.6) is 0 Å². The molecule has 0 aromatic rings. The first kappa shape index (κ1) is 18.1. The van der Waals surface area contributed by atoms with Crippen molar-refractivity contribution in [2.24, 2.45) is 0 Å². The Hall–Kier alpha value is -1.66. The van der Waals surface area contributed by atoms with E-state index in [1.807, 2.05) is 0 Å². The van der Waals surface area contributed by atoms with E-state index >= 15 is 0 Å². The fourth-order valence-electron chi connectivity index (χ4n) is 3.24. The molecule has 140 valence electrons. The van der Waals surface area contributed by atoms with Crippen molar-refractivity contribution in [3.8, 4) is 0 Å². The van der Waals surface area contributed by atoms with E-state index < -0.39 is 70.4 Å². The lowest BCUT2D eigenvalue weighted by atomic mass is 9.82. The molecule has 2 bridgehead atoms. The third-order valence-electron chi connectivity index (χ3n) is 4.29. The van der Waals surface area contributed by atoms with Gasteiger partial charge in [0.2, 0.25) is 5.60 Å². The Kier molecular flexibility index (Phi) is 3.93. The van der Waals surface area contributed by atoms with Crippen LogP contribution in [0.15, 0.2) is 12.2 Å². The summed E-state index contributed by atoms with van der Waals surface area (Å²) in [5.74, 6) is -1.98. The van der Waals surface area contributed by atoms with Crippen molar-refractivity contribution < 1.29 is 49.6 Å². The number of carbonyl (C=O) groups is 2. The van der Waals surface area contributed by atoms with Crippen LogP contribution >= 0.6 is 0 Å². The molecule has 3 rings (SSSR count). The van der Waals surface area contributed by atoms with Crippen molar-refractivity contribution in [1.29, 1.82) is 0 Å². The van der Waals surface area contributed by atoms with Gasteiger partial charge in [0.1, 0.15) is 12.2 Å². The Labute approximate surface area is 140 Å². The van der Waals surface area contributed by atoms with Crippen LogP contribution in [-0.4, -0.2) is 62.3 Å². The number of carbonyl (C=O) groups excluding carboxylic acids is 2. The first-order valence-electron chi connectivity index (χ1n) is 7.08. The highest BCUT2D eigenvalue weighted by molar-refractivity contribution is 7.87. The second kappa shape index (κ2) is 5.42. The zero-order chi connectivity index (χ0) is 18.8. The van der Waals surface area contributed by atoms with Gasteiger partial charge in [-0.2, -0.15) is 21.6 Å². The maximum Gasteiger partial charge on any atom is 0.421 e. The molecule has 0 aliphatic carbocycles. The molecular weight excluding hydrogens is 373 g/mol. The Morgan fingerprint density at radius 2 is 2.00 bits per heavy atom. The molecule has 12 heteroatoms. The van der Waals surface area contributed by atoms with E-state index in [0.717, 1.165) is 0 Å². The fourth-order valence-corrected chi connectivity index (χ4v) is 5.17. The first-order chi connectivity index (χ1) is 11.4. The van der Waals surface area contributed by atoms with E-state index in [1.54, 1.807) is 0 Å². The molecule has 3 aliphatic heterocycles. The average Bonchev–Trinajstić information content (AvgIpc) is 3.03. The number of hydrogen-bond acceptors (Lipinski definition) is 8. The van der Waals surface area contributed by atoms with Crippen molar-refractivity contribution in [1.82, 2.24) is 0 Å². The van der Waals surface area contributed by atoms with Crippen molar-refractivity contribution in [3.05, 3.63) is 12.2 Å². The van der Waals surface area contributed by atoms with Gasteiger partial charge in [-0.3, -0.25) is 4.18 Å². The van der Waals surface area contributed by atoms with E-state index in [-0.39, 0.29) is 5.57 Å². The van der Waals surface area contributed by atoms with Gasteiger partial charge >= 0.3 is 18.1 Å². The lowest BCUT2D eigenvalue weighted by Gasteiger charge is -2.31. The summed E-state index contributed by atoms with van der Waals surface area (Å²) in [6.45, 7) is 3.81. The average molecular weight is 386 g/mol. The van der Waals surface area contributed by atoms with Gasteiger partial charge in [-0.05, 0) is 6.92 Å². The SMILES string of the molecule is C=C(C)C(=O)OCC(=O)OC1C2CC3(C(F)(F)F)OS(=O)(=O)C1C3O2. The molecule has 3 heterocycles. The zero-order valence-corrected chi connectivity index (χ0v) is 13.6. The predicted octanol–water partition coefficient (Wildman–Crippen LogP) is 0.218. The van der Waals surface area contributed by atoms with Crippen LogP contribution in [-0.2, 0) is 38.1 Å². The highest BCUT2D eigenvalue weighted by atomic mass is 32.2. The summed E-state index contributed by atoms with van der Waals surface area (Å²) in [6, 6.07) is 0. The summed E-state index contributed by atoms with van der Waals surface area (Å²) >= 11 is 0. The van der Waals surface area contributed by atoms with Gasteiger partial charge in [0.15, 0.2) is 11.9 Å². The maximum absolute atomic E-state index is 13.3. The Bertz CT molecular complexity index is 745. The van der Waals surface area contributed by atoms with Gasteiger partial charge in [0.05, 0.1) is 6.10 Å². The Morgan fingerprint density at radius 3 is 2.56 bits per heavy atom. The van der Waals surface area contributed by atoms with Crippen molar-refractivity contribution in [3.63, 3.8) is 0 Å². The van der Waals surface area contributed by atoms with Crippen LogP contribution in [0.1, 0.15) is 13.3 Å². The van der Waals surface area contributed by atoms with E-state index in [1.165, 1.54) is 6.92 Å². The summed E-state index contributed by atoms with van der Waals surface area (Å²) in [4.78, 5) is 22.9. The monoisotopic (exact) mass is 386 g/mol. The van der Waals surface area contributed by atoms with E-state index in [0.29, 0.717) is 0 Å². The molecule has 3 saturated heterocycles. The molecule has 25 heavy (non-hydrogen) atoms. The van der Waals surface area contributed by atoms with Gasteiger partial charge in [-0.15, -0.1) is 0 Å². The van der Waals surface area contributed by atoms with E-state index in [4.69, 9.17) is 9.47 Å². The van der Waals surface area contributed by atoms with E-state index in [9.17, 15) is 31.2 Å². The molecule has 5 atom stereocenters. The third kappa shape index (κ3) is 2.62. The molecule has 0 aromatic carbocycles. The Balaban J connectivity index is 1.74. The lowest BCUT2D eigenvalue weighted by Crippen LogP contribution is -2.56. The molecule has 0 spiro atoms. The van der Waals surface area contributed by atoms with Crippen LogP contribution in [0.2, 0.25) is 0 Å². The number of hydrogen-bond donors (Lipinski definition) is 0. The molecule has 0 aromatic heterocycles. The molecule has 0 amide bonds. The molecule has 3 fully saturated rings. The van der Waals surface area contributed by atoms with Gasteiger partial charge in [0, 0.05) is 12.0 Å². The molecule has 8 nitrogen and oxygen atoms in total. The summed E-state index contributed by atoms with van der Waals surface area (Å²) < 4.78 is 82.7. The van der Waals surface area contributed by atoms with Crippen LogP contribution in [0, 0.1) is 0 Å². The van der Waals surface area contributed by atoms with E-state index in [2.05, 4.69) is 15.5 Å². The topological polar surface area (TPSA) is 105 Å². The highest BCUT2D eigenvalue weighted by Crippen LogP contribution is 2.59. The first-order valence-corrected chi connectivity index (χ1v) is 8.55. The molecule has 0 saturated carbocycles. The largest absolute Gasteiger partial charge is 0.455 e. The number of halogens is 3. The third-order valence-corrected chi connectivity index (χ3v) is 6.00. The maximum atomic E-state index is 13.3. The lowest BCUT2D eigenvalue weighted by molar-refractivity contribution is -0.253. The molecule has 0 N–H and O–H groups in total. The van der Waals surface area contributed by atoms with Crippen LogP contribution in [0.25, 0.3) is 0 Å². The minimum atomic E-state index is -4.96. The summed E-state index contributed by atoms with van der Waals surface area (Å²) in [7, 11) is -4.66. The molecule has 3 aliphatic rings. The fraction of sp³-hybridized carbons (Fsp3) is 0.692. The second-order valence-corrected chi connectivity index (χ2v) is 7.73. The van der Waals surface area contributed by atoms with Gasteiger partial charge in [0.25, 0.3) is 10.1 Å². The quantitative estimate of drug-likeness (QED) is 0.384. The summed E-state index contributed by atoms with van der Waals surface area (Å²) in [5.41, 5.74) is -2.92. The minimum absolute atomic E-state index is 0.0257. The summed E-state index contributed by atoms with van der Waals surface area (Å²) in [6.07, 6.45) is -10.3. The van der Waals surface area contributed by atoms with Gasteiger partial charge in [-0.1, -0.05) is 6.58 Å². The van der Waals surface area contributed by atoms with Crippen molar-refractivity contribution in [2.75, 3.05) is 6.61 Å². The summed E-state index contributed by atoms with van der Waals surface area (Å²) in [5, 5.41) is -1.78. The zero-order valence-electron chi connectivity index (χ0n) is 12.7. The molecular formula is C13H13F3O8S.